The van der Waals surface area contributed by atoms with Crippen molar-refractivity contribution in [2.45, 2.75) is 13.5 Å². The molecular formula is C15H22ClN3O2. The van der Waals surface area contributed by atoms with Crippen molar-refractivity contribution < 1.29 is 9.53 Å². The van der Waals surface area contributed by atoms with E-state index in [1.165, 1.54) is 0 Å². The molecule has 0 saturated carbocycles. The number of nitrogens with one attached hydrogen (secondary N) is 1. The monoisotopic (exact) mass is 311 g/mol. The normalized spacial score (nSPS) is 15.9. The molecule has 6 heteroatoms. The van der Waals surface area contributed by atoms with Crippen LogP contribution >= 0.6 is 11.6 Å². The molecule has 0 bridgehead atoms. The second-order valence-electron chi connectivity index (χ2n) is 5.05. The predicted molar refractivity (Wildman–Crippen MR) is 83.9 cm³/mol. The fourth-order valence-corrected chi connectivity index (χ4v) is 2.68. The largest absolute Gasteiger partial charge is 0.496 e. The van der Waals surface area contributed by atoms with E-state index in [4.69, 9.17) is 16.3 Å². The van der Waals surface area contributed by atoms with Crippen LogP contribution in [0.25, 0.3) is 0 Å². The first kappa shape index (κ1) is 15.9. The number of benzene rings is 1. The fraction of sp³-hybridized carbons (Fsp3) is 0.533. The molecule has 1 N–H and O–H groups in total. The smallest absolute Gasteiger partial charge is 0.317 e. The molecule has 1 fully saturated rings. The lowest BCUT2D eigenvalue weighted by Gasteiger charge is -2.34. The van der Waals surface area contributed by atoms with Crippen molar-refractivity contribution in [3.63, 3.8) is 0 Å². The summed E-state index contributed by atoms with van der Waals surface area (Å²) < 4.78 is 5.37. The van der Waals surface area contributed by atoms with Crippen LogP contribution in [0.15, 0.2) is 18.2 Å². The lowest BCUT2D eigenvalue weighted by molar-refractivity contribution is 0.135. The number of urea groups is 1. The Morgan fingerprint density at radius 3 is 2.67 bits per heavy atom. The van der Waals surface area contributed by atoms with Gasteiger partial charge in [-0.05, 0) is 25.1 Å². The molecule has 1 aromatic rings. The number of methoxy groups -OCH3 is 1. The van der Waals surface area contributed by atoms with Gasteiger partial charge in [0, 0.05) is 49.9 Å². The van der Waals surface area contributed by atoms with Crippen molar-refractivity contribution in [3.8, 4) is 5.75 Å². The van der Waals surface area contributed by atoms with Crippen LogP contribution in [0, 0.1) is 0 Å². The first-order valence-corrected chi connectivity index (χ1v) is 7.59. The van der Waals surface area contributed by atoms with E-state index in [0.717, 1.165) is 44.0 Å². The van der Waals surface area contributed by atoms with Gasteiger partial charge in [0.1, 0.15) is 5.75 Å². The molecule has 2 amide bonds. The molecule has 0 spiro atoms. The highest BCUT2D eigenvalue weighted by molar-refractivity contribution is 6.30. The van der Waals surface area contributed by atoms with E-state index in [9.17, 15) is 4.79 Å². The van der Waals surface area contributed by atoms with Crippen molar-refractivity contribution >= 4 is 17.6 Å². The van der Waals surface area contributed by atoms with Crippen LogP contribution in [0.3, 0.4) is 0 Å². The number of piperazine rings is 1. The fourth-order valence-electron chi connectivity index (χ4n) is 2.48. The highest BCUT2D eigenvalue weighted by atomic mass is 35.5. The lowest BCUT2D eigenvalue weighted by atomic mass is 10.1. The number of hydrogen-bond acceptors (Lipinski definition) is 3. The van der Waals surface area contributed by atoms with Gasteiger partial charge in [0.2, 0.25) is 0 Å². The number of ether oxygens (including phenoxy) is 1. The number of nitrogens with zero attached hydrogens (tertiary/aromatic N) is 2. The van der Waals surface area contributed by atoms with Crippen molar-refractivity contribution in [3.05, 3.63) is 28.8 Å². The SMILES string of the molecule is CCNC(=O)N1CCN(Cc2cc(Cl)ccc2OC)CC1. The Hall–Kier alpha value is -1.46. The van der Waals surface area contributed by atoms with E-state index in [0.29, 0.717) is 11.6 Å². The average molecular weight is 312 g/mol. The molecule has 21 heavy (non-hydrogen) atoms. The highest BCUT2D eigenvalue weighted by Crippen LogP contribution is 2.24. The summed E-state index contributed by atoms with van der Waals surface area (Å²) >= 11 is 6.06. The Morgan fingerprint density at radius 2 is 2.05 bits per heavy atom. The summed E-state index contributed by atoms with van der Waals surface area (Å²) in [6.07, 6.45) is 0. The van der Waals surface area contributed by atoms with Gasteiger partial charge in [-0.3, -0.25) is 4.90 Å². The van der Waals surface area contributed by atoms with Crippen molar-refractivity contribution in [1.82, 2.24) is 15.1 Å². The Bertz CT molecular complexity index is 488. The molecule has 1 aromatic carbocycles. The maximum atomic E-state index is 11.8. The van der Waals surface area contributed by atoms with Crippen LogP contribution in [0.5, 0.6) is 5.75 Å². The van der Waals surface area contributed by atoms with Gasteiger partial charge < -0.3 is 15.0 Å². The number of rotatable bonds is 4. The van der Waals surface area contributed by atoms with Crippen molar-refractivity contribution in [2.75, 3.05) is 39.8 Å². The van der Waals surface area contributed by atoms with Crippen LogP contribution < -0.4 is 10.1 Å². The van der Waals surface area contributed by atoms with Gasteiger partial charge in [0.15, 0.2) is 0 Å². The van der Waals surface area contributed by atoms with E-state index in [1.54, 1.807) is 7.11 Å². The Morgan fingerprint density at radius 1 is 1.33 bits per heavy atom. The summed E-state index contributed by atoms with van der Waals surface area (Å²) in [5.74, 6) is 0.852. The van der Waals surface area contributed by atoms with Gasteiger partial charge in [-0.2, -0.15) is 0 Å². The predicted octanol–water partition coefficient (Wildman–Crippen LogP) is 2.20. The third-order valence-corrected chi connectivity index (χ3v) is 3.86. The molecule has 1 aliphatic rings. The standard InChI is InChI=1S/C15H22ClN3O2/c1-3-17-15(20)19-8-6-18(7-9-19)11-12-10-13(16)4-5-14(12)21-2/h4-5,10H,3,6-9,11H2,1-2H3,(H,17,20). The molecule has 116 valence electrons. The maximum absolute atomic E-state index is 11.8. The zero-order valence-electron chi connectivity index (χ0n) is 12.6. The van der Waals surface area contributed by atoms with Gasteiger partial charge in [0.05, 0.1) is 7.11 Å². The van der Waals surface area contributed by atoms with E-state index in [1.807, 2.05) is 30.0 Å². The summed E-state index contributed by atoms with van der Waals surface area (Å²) in [4.78, 5) is 15.9. The zero-order valence-corrected chi connectivity index (χ0v) is 13.3. The second kappa shape index (κ2) is 7.52. The minimum absolute atomic E-state index is 0.0255. The first-order valence-electron chi connectivity index (χ1n) is 7.21. The molecular weight excluding hydrogens is 290 g/mol. The molecule has 2 rings (SSSR count). The molecule has 1 saturated heterocycles. The third kappa shape index (κ3) is 4.25. The maximum Gasteiger partial charge on any atom is 0.317 e. The topological polar surface area (TPSA) is 44.8 Å². The zero-order chi connectivity index (χ0) is 15.2. The summed E-state index contributed by atoms with van der Waals surface area (Å²) in [5.41, 5.74) is 1.08. The molecule has 0 aromatic heterocycles. The van der Waals surface area contributed by atoms with Crippen LogP contribution in [-0.4, -0.2) is 55.7 Å². The highest BCUT2D eigenvalue weighted by Gasteiger charge is 2.21. The van der Waals surface area contributed by atoms with E-state index in [2.05, 4.69) is 10.2 Å². The molecule has 0 unspecified atom stereocenters. The Kier molecular flexibility index (Phi) is 5.70. The first-order chi connectivity index (χ1) is 10.1. The summed E-state index contributed by atoms with van der Waals surface area (Å²) in [5, 5.41) is 3.55. The molecule has 5 nitrogen and oxygen atoms in total. The van der Waals surface area contributed by atoms with Crippen LogP contribution in [0.1, 0.15) is 12.5 Å². The minimum Gasteiger partial charge on any atom is -0.496 e. The Balaban J connectivity index is 1.92. The number of carbonyl (C=O) groups excluding carboxylic acids is 1. The number of amides is 2. The molecule has 0 radical (unpaired) electrons. The Labute approximate surface area is 130 Å². The summed E-state index contributed by atoms with van der Waals surface area (Å²) in [6, 6.07) is 5.69. The average Bonchev–Trinajstić information content (AvgIpc) is 2.48. The van der Waals surface area contributed by atoms with Crippen LogP contribution in [0.2, 0.25) is 5.02 Å². The van der Waals surface area contributed by atoms with Gasteiger partial charge in [-0.1, -0.05) is 11.6 Å². The van der Waals surface area contributed by atoms with Gasteiger partial charge >= 0.3 is 6.03 Å². The van der Waals surface area contributed by atoms with Gasteiger partial charge in [0.25, 0.3) is 0 Å². The molecule has 0 atom stereocenters. The summed E-state index contributed by atoms with van der Waals surface area (Å²) in [6.45, 7) is 6.58. The van der Waals surface area contributed by atoms with Crippen molar-refractivity contribution in [1.29, 1.82) is 0 Å². The molecule has 1 heterocycles. The second-order valence-corrected chi connectivity index (χ2v) is 5.49. The number of carbonyl (C=O) groups is 1. The molecule has 0 aliphatic carbocycles. The third-order valence-electron chi connectivity index (χ3n) is 3.62. The number of halogens is 1. The number of hydrogen-bond donors (Lipinski definition) is 1. The van der Waals surface area contributed by atoms with Gasteiger partial charge in [-0.25, -0.2) is 4.79 Å². The van der Waals surface area contributed by atoms with E-state index in [-0.39, 0.29) is 6.03 Å². The molecule has 1 aliphatic heterocycles. The van der Waals surface area contributed by atoms with Gasteiger partial charge in [-0.15, -0.1) is 0 Å². The lowest BCUT2D eigenvalue weighted by Crippen LogP contribution is -2.51. The van der Waals surface area contributed by atoms with Crippen LogP contribution in [-0.2, 0) is 6.54 Å². The van der Waals surface area contributed by atoms with E-state index >= 15 is 0 Å². The van der Waals surface area contributed by atoms with Crippen LogP contribution in [0.4, 0.5) is 4.79 Å². The minimum atomic E-state index is 0.0255. The van der Waals surface area contributed by atoms with E-state index < -0.39 is 0 Å². The summed E-state index contributed by atoms with van der Waals surface area (Å²) in [7, 11) is 1.67. The quantitative estimate of drug-likeness (QED) is 0.927. The van der Waals surface area contributed by atoms with Crippen molar-refractivity contribution in [2.24, 2.45) is 0 Å².